The molecule has 2 rings (SSSR count). The minimum atomic E-state index is 0.510. The number of rotatable bonds is 8. The van der Waals surface area contributed by atoms with E-state index in [9.17, 15) is 0 Å². The number of hydrazone groups is 1. The number of methoxy groups -OCH3 is 1. The fourth-order valence-corrected chi connectivity index (χ4v) is 2.64. The fourth-order valence-electron chi connectivity index (χ4n) is 1.87. The largest absolute Gasteiger partial charge is 0.493 e. The van der Waals surface area contributed by atoms with Gasteiger partial charge in [-0.3, -0.25) is 5.43 Å². The second-order valence-electron chi connectivity index (χ2n) is 4.90. The molecule has 0 fully saturated rings. The Bertz CT molecular complexity index is 672. The molecule has 0 bridgehead atoms. The van der Waals surface area contributed by atoms with Crippen molar-refractivity contribution < 1.29 is 9.47 Å². The quantitative estimate of drug-likeness (QED) is 0.427. The Kier molecular flexibility index (Phi) is 7.51. The molecule has 1 heterocycles. The highest BCUT2D eigenvalue weighted by Crippen LogP contribution is 2.28. The Labute approximate surface area is 151 Å². The zero-order valence-corrected chi connectivity index (χ0v) is 15.4. The maximum atomic E-state index is 5.81. The van der Waals surface area contributed by atoms with Crippen molar-refractivity contribution >= 4 is 34.9 Å². The molecule has 7 heteroatoms. The van der Waals surface area contributed by atoms with Crippen molar-refractivity contribution in [1.29, 1.82) is 0 Å². The van der Waals surface area contributed by atoms with Crippen LogP contribution in [0.3, 0.4) is 0 Å². The average molecular weight is 364 g/mol. The van der Waals surface area contributed by atoms with Crippen molar-refractivity contribution in [2.45, 2.75) is 20.0 Å². The smallest absolute Gasteiger partial charge is 0.186 e. The van der Waals surface area contributed by atoms with E-state index in [-0.39, 0.29) is 0 Å². The molecule has 0 aliphatic heterocycles. The molecule has 5 nitrogen and oxygen atoms in total. The lowest BCUT2D eigenvalue weighted by Crippen LogP contribution is -2.32. The molecule has 0 saturated carbocycles. The summed E-state index contributed by atoms with van der Waals surface area (Å²) in [5.74, 6) is 1.37. The monoisotopic (exact) mass is 363 g/mol. The van der Waals surface area contributed by atoms with Crippen LogP contribution in [0.1, 0.15) is 23.8 Å². The van der Waals surface area contributed by atoms with E-state index in [0.29, 0.717) is 23.2 Å². The molecule has 1 aromatic carbocycles. The Balaban J connectivity index is 1.93. The summed E-state index contributed by atoms with van der Waals surface area (Å²) in [6, 6.07) is 9.71. The Morgan fingerprint density at radius 2 is 2.21 bits per heavy atom. The van der Waals surface area contributed by atoms with Crippen LogP contribution in [0.2, 0.25) is 0 Å². The van der Waals surface area contributed by atoms with Gasteiger partial charge in [-0.15, -0.1) is 11.3 Å². The van der Waals surface area contributed by atoms with E-state index in [0.717, 1.165) is 18.5 Å². The Hall–Kier alpha value is -2.12. The van der Waals surface area contributed by atoms with Gasteiger partial charge in [0.25, 0.3) is 0 Å². The highest BCUT2D eigenvalue weighted by molar-refractivity contribution is 7.80. The van der Waals surface area contributed by atoms with Gasteiger partial charge >= 0.3 is 0 Å². The highest BCUT2D eigenvalue weighted by Gasteiger charge is 2.06. The standard InChI is InChI=1S/C17H21N3O2S2/c1-3-8-18-17(23)20-19-11-13-6-7-15(16(10-13)21-2)22-12-14-5-4-9-24-14/h4-7,9-11H,3,8,12H2,1-2H3,(H2,18,20,23)/b19-11-. The molecule has 128 valence electrons. The maximum absolute atomic E-state index is 5.81. The minimum Gasteiger partial charge on any atom is -0.493 e. The first-order valence-electron chi connectivity index (χ1n) is 7.63. The Morgan fingerprint density at radius 3 is 2.92 bits per heavy atom. The minimum absolute atomic E-state index is 0.510. The van der Waals surface area contributed by atoms with Crippen LogP contribution in [0.15, 0.2) is 40.8 Å². The van der Waals surface area contributed by atoms with Gasteiger partial charge in [0, 0.05) is 11.4 Å². The second kappa shape index (κ2) is 9.89. The number of hydrogen-bond donors (Lipinski definition) is 2. The van der Waals surface area contributed by atoms with Crippen LogP contribution in [0.4, 0.5) is 0 Å². The predicted octanol–water partition coefficient (Wildman–Crippen LogP) is 3.54. The molecule has 0 spiro atoms. The summed E-state index contributed by atoms with van der Waals surface area (Å²) in [6.07, 6.45) is 2.70. The number of hydrogen-bond acceptors (Lipinski definition) is 5. The van der Waals surface area contributed by atoms with Gasteiger partial charge in [0.15, 0.2) is 16.6 Å². The summed E-state index contributed by atoms with van der Waals surface area (Å²) in [5, 5.41) is 9.70. The third-order valence-corrected chi connectivity index (χ3v) is 4.14. The predicted molar refractivity (Wildman–Crippen MR) is 103 cm³/mol. The lowest BCUT2D eigenvalue weighted by Gasteiger charge is -2.10. The third-order valence-electron chi connectivity index (χ3n) is 3.05. The summed E-state index contributed by atoms with van der Waals surface area (Å²) < 4.78 is 11.2. The highest BCUT2D eigenvalue weighted by atomic mass is 32.1. The zero-order valence-electron chi connectivity index (χ0n) is 13.7. The average Bonchev–Trinajstić information content (AvgIpc) is 3.12. The van der Waals surface area contributed by atoms with E-state index in [1.54, 1.807) is 24.7 Å². The van der Waals surface area contributed by atoms with Gasteiger partial charge in [-0.05, 0) is 53.8 Å². The van der Waals surface area contributed by atoms with Crippen molar-refractivity contribution in [2.24, 2.45) is 5.10 Å². The fraction of sp³-hybridized carbons (Fsp3) is 0.294. The van der Waals surface area contributed by atoms with Gasteiger partial charge in [0.2, 0.25) is 0 Å². The molecule has 0 amide bonds. The molecule has 24 heavy (non-hydrogen) atoms. The molecule has 2 N–H and O–H groups in total. The van der Waals surface area contributed by atoms with Crippen molar-refractivity contribution in [2.75, 3.05) is 13.7 Å². The van der Waals surface area contributed by atoms with Crippen molar-refractivity contribution in [3.05, 3.63) is 46.2 Å². The number of ether oxygens (including phenoxy) is 2. The summed E-state index contributed by atoms with van der Waals surface area (Å²) in [7, 11) is 1.62. The van der Waals surface area contributed by atoms with Crippen LogP contribution in [-0.4, -0.2) is 25.0 Å². The van der Waals surface area contributed by atoms with Crippen molar-refractivity contribution in [1.82, 2.24) is 10.7 Å². The summed E-state index contributed by atoms with van der Waals surface area (Å²) in [6.45, 7) is 3.43. The zero-order chi connectivity index (χ0) is 17.2. The summed E-state index contributed by atoms with van der Waals surface area (Å²) in [4.78, 5) is 1.17. The molecule has 1 aromatic heterocycles. The van der Waals surface area contributed by atoms with E-state index in [1.165, 1.54) is 4.88 Å². The second-order valence-corrected chi connectivity index (χ2v) is 6.34. The molecular formula is C17H21N3O2S2. The molecule has 2 aromatic rings. The molecule has 0 aliphatic rings. The van der Waals surface area contributed by atoms with E-state index >= 15 is 0 Å². The number of nitrogens with one attached hydrogen (secondary N) is 2. The van der Waals surface area contributed by atoms with E-state index in [1.807, 2.05) is 35.7 Å². The lowest BCUT2D eigenvalue weighted by atomic mass is 10.2. The van der Waals surface area contributed by atoms with Crippen LogP contribution in [0.25, 0.3) is 0 Å². The molecule has 0 radical (unpaired) electrons. The summed E-state index contributed by atoms with van der Waals surface area (Å²) >= 11 is 6.76. The lowest BCUT2D eigenvalue weighted by molar-refractivity contribution is 0.287. The summed E-state index contributed by atoms with van der Waals surface area (Å²) in [5.41, 5.74) is 3.67. The molecule has 0 atom stereocenters. The molecular weight excluding hydrogens is 342 g/mol. The Morgan fingerprint density at radius 1 is 1.33 bits per heavy atom. The SMILES string of the molecule is CCCNC(=S)N/N=C\c1ccc(OCc2cccs2)c(OC)c1. The van der Waals surface area contributed by atoms with Gasteiger partial charge in [0.1, 0.15) is 6.61 Å². The maximum Gasteiger partial charge on any atom is 0.186 e. The molecule has 0 aliphatic carbocycles. The van der Waals surface area contributed by atoms with E-state index in [4.69, 9.17) is 21.7 Å². The first-order valence-corrected chi connectivity index (χ1v) is 8.92. The van der Waals surface area contributed by atoms with Gasteiger partial charge in [0.05, 0.1) is 13.3 Å². The first-order chi connectivity index (χ1) is 11.7. The molecule has 0 saturated heterocycles. The van der Waals surface area contributed by atoms with Gasteiger partial charge in [-0.1, -0.05) is 13.0 Å². The van der Waals surface area contributed by atoms with Crippen molar-refractivity contribution in [3.63, 3.8) is 0 Å². The topological polar surface area (TPSA) is 54.9 Å². The van der Waals surface area contributed by atoms with Crippen LogP contribution in [0.5, 0.6) is 11.5 Å². The third kappa shape index (κ3) is 5.82. The van der Waals surface area contributed by atoms with Gasteiger partial charge in [-0.25, -0.2) is 0 Å². The van der Waals surface area contributed by atoms with Gasteiger partial charge in [-0.2, -0.15) is 5.10 Å². The van der Waals surface area contributed by atoms with E-state index < -0.39 is 0 Å². The number of nitrogens with zero attached hydrogens (tertiary/aromatic N) is 1. The normalized spacial score (nSPS) is 10.6. The number of thiocarbonyl (C=S) groups is 1. The first kappa shape index (κ1) is 18.2. The van der Waals surface area contributed by atoms with Crippen molar-refractivity contribution in [3.8, 4) is 11.5 Å². The van der Waals surface area contributed by atoms with Gasteiger partial charge < -0.3 is 14.8 Å². The molecule has 0 unspecified atom stereocenters. The van der Waals surface area contributed by atoms with Crippen LogP contribution >= 0.6 is 23.6 Å². The van der Waals surface area contributed by atoms with E-state index in [2.05, 4.69) is 22.8 Å². The number of thiophene rings is 1. The van der Waals surface area contributed by atoms with Crippen LogP contribution in [-0.2, 0) is 6.61 Å². The van der Waals surface area contributed by atoms with Crippen LogP contribution in [0, 0.1) is 0 Å². The van der Waals surface area contributed by atoms with Crippen LogP contribution < -0.4 is 20.2 Å². The number of benzene rings is 1.